The molecule has 1 aromatic carbocycles. The van der Waals surface area contributed by atoms with Crippen LogP contribution >= 0.6 is 0 Å². The summed E-state index contributed by atoms with van der Waals surface area (Å²) in [5.41, 5.74) is 1.71. The van der Waals surface area contributed by atoms with E-state index in [4.69, 9.17) is 0 Å². The Balaban J connectivity index is 1.55. The van der Waals surface area contributed by atoms with Gasteiger partial charge >= 0.3 is 6.36 Å². The number of nitrogens with one attached hydrogen (secondary N) is 1. The van der Waals surface area contributed by atoms with Gasteiger partial charge in [0.05, 0.1) is 5.92 Å². The van der Waals surface area contributed by atoms with Crippen molar-refractivity contribution in [2.45, 2.75) is 32.7 Å². The number of carbonyl (C=O) groups is 1. The number of aryl methyl sites for hydroxylation is 1. The Morgan fingerprint density at radius 1 is 1.25 bits per heavy atom. The molecule has 150 valence electrons. The monoisotopic (exact) mass is 393 g/mol. The molecule has 3 rings (SSSR count). The molecule has 2 heterocycles. The largest absolute Gasteiger partial charge is 0.573 e. The van der Waals surface area contributed by atoms with Crippen LogP contribution in [-0.2, 0) is 11.3 Å². The van der Waals surface area contributed by atoms with Crippen LogP contribution in [0.3, 0.4) is 0 Å². The lowest BCUT2D eigenvalue weighted by atomic mass is 9.96. The number of rotatable bonds is 5. The first-order valence-electron chi connectivity index (χ1n) is 9.10. The van der Waals surface area contributed by atoms with Gasteiger partial charge in [0.1, 0.15) is 11.6 Å². The minimum absolute atomic E-state index is 0.0586. The van der Waals surface area contributed by atoms with E-state index in [0.717, 1.165) is 30.6 Å². The number of alkyl halides is 3. The van der Waals surface area contributed by atoms with E-state index >= 15 is 0 Å². The Labute approximate surface area is 161 Å². The van der Waals surface area contributed by atoms with Crippen LogP contribution in [-0.4, -0.2) is 35.2 Å². The number of aromatic nitrogens is 1. The summed E-state index contributed by atoms with van der Waals surface area (Å²) < 4.78 is 40.6. The van der Waals surface area contributed by atoms with Gasteiger partial charge in [-0.3, -0.25) is 9.69 Å². The fourth-order valence-corrected chi connectivity index (χ4v) is 3.31. The van der Waals surface area contributed by atoms with Crippen LogP contribution in [0.2, 0.25) is 0 Å². The number of anilines is 1. The van der Waals surface area contributed by atoms with Crippen LogP contribution in [0.25, 0.3) is 0 Å². The number of hydrogen-bond acceptors (Lipinski definition) is 4. The molecule has 1 N–H and O–H groups in total. The number of pyridine rings is 1. The zero-order valence-electron chi connectivity index (χ0n) is 15.5. The van der Waals surface area contributed by atoms with Gasteiger partial charge in [0.2, 0.25) is 5.91 Å². The SMILES string of the molecule is Cc1cccc(NC(=O)C2CCCN(Cc3ccc(OC(F)(F)F)cc3)C2)n1. The highest BCUT2D eigenvalue weighted by Gasteiger charge is 2.31. The first kappa shape index (κ1) is 20.1. The normalized spacial score (nSPS) is 17.9. The zero-order valence-corrected chi connectivity index (χ0v) is 15.5. The molecular formula is C20H22F3N3O2. The maximum absolute atomic E-state index is 12.6. The van der Waals surface area contributed by atoms with Crippen molar-refractivity contribution >= 4 is 11.7 Å². The van der Waals surface area contributed by atoms with Crippen molar-refractivity contribution in [2.75, 3.05) is 18.4 Å². The number of halogens is 3. The van der Waals surface area contributed by atoms with Gasteiger partial charge in [-0.2, -0.15) is 0 Å². The molecular weight excluding hydrogens is 371 g/mol. The van der Waals surface area contributed by atoms with E-state index in [1.807, 2.05) is 19.1 Å². The molecule has 0 saturated carbocycles. The topological polar surface area (TPSA) is 54.5 Å². The van der Waals surface area contributed by atoms with Gasteiger partial charge in [-0.25, -0.2) is 4.98 Å². The summed E-state index contributed by atoms with van der Waals surface area (Å²) >= 11 is 0. The van der Waals surface area contributed by atoms with Crippen molar-refractivity contribution in [3.05, 3.63) is 53.7 Å². The highest BCUT2D eigenvalue weighted by molar-refractivity contribution is 5.91. The number of likely N-dealkylation sites (tertiary alicyclic amines) is 1. The van der Waals surface area contributed by atoms with Crippen molar-refractivity contribution in [3.8, 4) is 5.75 Å². The predicted octanol–water partition coefficient (Wildman–Crippen LogP) is 4.14. The third-order valence-corrected chi connectivity index (χ3v) is 4.58. The lowest BCUT2D eigenvalue weighted by Crippen LogP contribution is -2.40. The fraction of sp³-hybridized carbons (Fsp3) is 0.400. The van der Waals surface area contributed by atoms with Crippen molar-refractivity contribution in [1.29, 1.82) is 0 Å². The van der Waals surface area contributed by atoms with Gasteiger partial charge in [0, 0.05) is 18.8 Å². The fourth-order valence-electron chi connectivity index (χ4n) is 3.31. The molecule has 8 heteroatoms. The van der Waals surface area contributed by atoms with Crippen molar-refractivity contribution < 1.29 is 22.7 Å². The molecule has 0 spiro atoms. The first-order chi connectivity index (χ1) is 13.3. The highest BCUT2D eigenvalue weighted by Crippen LogP contribution is 2.24. The quantitative estimate of drug-likeness (QED) is 0.830. The molecule has 1 aromatic heterocycles. The van der Waals surface area contributed by atoms with Crippen LogP contribution in [0.1, 0.15) is 24.1 Å². The molecule has 1 aliphatic rings. The summed E-state index contributed by atoms with van der Waals surface area (Å²) in [6.07, 6.45) is -3.01. The zero-order chi connectivity index (χ0) is 20.1. The molecule has 1 atom stereocenters. The Kier molecular flexibility index (Phi) is 6.18. The molecule has 1 saturated heterocycles. The Morgan fingerprint density at radius 2 is 2.00 bits per heavy atom. The van der Waals surface area contributed by atoms with Crippen LogP contribution < -0.4 is 10.1 Å². The number of benzene rings is 1. The first-order valence-corrected chi connectivity index (χ1v) is 9.10. The lowest BCUT2D eigenvalue weighted by Gasteiger charge is -2.32. The molecule has 2 aromatic rings. The van der Waals surface area contributed by atoms with Gasteiger partial charge in [0.15, 0.2) is 0 Å². The van der Waals surface area contributed by atoms with Gasteiger partial charge in [-0.15, -0.1) is 13.2 Å². The highest BCUT2D eigenvalue weighted by atomic mass is 19.4. The van der Waals surface area contributed by atoms with E-state index in [2.05, 4.69) is 19.9 Å². The maximum Gasteiger partial charge on any atom is 0.573 e. The van der Waals surface area contributed by atoms with Crippen molar-refractivity contribution in [1.82, 2.24) is 9.88 Å². The number of hydrogen-bond donors (Lipinski definition) is 1. The average molecular weight is 393 g/mol. The van der Waals surface area contributed by atoms with Crippen LogP contribution in [0.5, 0.6) is 5.75 Å². The lowest BCUT2D eigenvalue weighted by molar-refractivity contribution is -0.274. The second-order valence-electron chi connectivity index (χ2n) is 6.92. The molecule has 1 fully saturated rings. The molecule has 0 aliphatic carbocycles. The summed E-state index contributed by atoms with van der Waals surface area (Å²) in [7, 11) is 0. The molecule has 0 radical (unpaired) electrons. The molecule has 5 nitrogen and oxygen atoms in total. The molecule has 1 amide bonds. The number of nitrogens with zero attached hydrogens (tertiary/aromatic N) is 2. The molecule has 0 bridgehead atoms. The summed E-state index contributed by atoms with van der Waals surface area (Å²) in [6.45, 7) is 3.87. The van der Waals surface area contributed by atoms with Gasteiger partial charge in [0.25, 0.3) is 0 Å². The van der Waals surface area contributed by atoms with E-state index in [1.54, 1.807) is 18.2 Å². The van der Waals surface area contributed by atoms with Gasteiger partial charge in [-0.1, -0.05) is 18.2 Å². The molecule has 1 unspecified atom stereocenters. The van der Waals surface area contributed by atoms with E-state index in [9.17, 15) is 18.0 Å². The Morgan fingerprint density at radius 3 is 2.68 bits per heavy atom. The van der Waals surface area contributed by atoms with E-state index in [-0.39, 0.29) is 17.6 Å². The van der Waals surface area contributed by atoms with Crippen molar-refractivity contribution in [2.24, 2.45) is 5.92 Å². The van der Waals surface area contributed by atoms with Crippen LogP contribution in [0, 0.1) is 12.8 Å². The summed E-state index contributed by atoms with van der Waals surface area (Å²) in [6, 6.07) is 11.3. The summed E-state index contributed by atoms with van der Waals surface area (Å²) in [4.78, 5) is 19.0. The number of amides is 1. The maximum atomic E-state index is 12.6. The number of ether oxygens (including phenoxy) is 1. The van der Waals surface area contributed by atoms with Gasteiger partial charge in [-0.05, 0) is 56.1 Å². The van der Waals surface area contributed by atoms with Crippen LogP contribution in [0.15, 0.2) is 42.5 Å². The predicted molar refractivity (Wildman–Crippen MR) is 98.7 cm³/mol. The number of carbonyl (C=O) groups excluding carboxylic acids is 1. The second-order valence-corrected chi connectivity index (χ2v) is 6.92. The summed E-state index contributed by atoms with van der Waals surface area (Å²) in [5, 5.41) is 2.87. The number of piperidine rings is 1. The van der Waals surface area contributed by atoms with E-state index < -0.39 is 6.36 Å². The average Bonchev–Trinajstić information content (AvgIpc) is 2.62. The summed E-state index contributed by atoms with van der Waals surface area (Å²) in [5.74, 6) is 0.0980. The Hall–Kier alpha value is -2.61. The standard InChI is InChI=1S/C20H22F3N3O2/c1-14-4-2-6-18(24-14)25-19(27)16-5-3-11-26(13-16)12-15-7-9-17(10-8-15)28-20(21,22)23/h2,4,6-10,16H,3,5,11-13H2,1H3,(H,24,25,27). The van der Waals surface area contributed by atoms with E-state index in [1.165, 1.54) is 12.1 Å². The second kappa shape index (κ2) is 8.60. The smallest absolute Gasteiger partial charge is 0.406 e. The van der Waals surface area contributed by atoms with Gasteiger partial charge < -0.3 is 10.1 Å². The molecule has 28 heavy (non-hydrogen) atoms. The Bertz CT molecular complexity index is 809. The minimum Gasteiger partial charge on any atom is -0.406 e. The van der Waals surface area contributed by atoms with Crippen LogP contribution in [0.4, 0.5) is 19.0 Å². The third-order valence-electron chi connectivity index (χ3n) is 4.58. The van der Waals surface area contributed by atoms with E-state index in [0.29, 0.717) is 18.9 Å². The third kappa shape index (κ3) is 5.95. The minimum atomic E-state index is -4.69. The van der Waals surface area contributed by atoms with Crippen molar-refractivity contribution in [3.63, 3.8) is 0 Å². The molecule has 1 aliphatic heterocycles.